The molecular formula is C14H28O4. The van der Waals surface area contributed by atoms with Crippen molar-refractivity contribution in [2.75, 3.05) is 13.7 Å². The van der Waals surface area contributed by atoms with Crippen molar-refractivity contribution in [3.8, 4) is 0 Å². The third kappa shape index (κ3) is 7.54. The Labute approximate surface area is 111 Å². The van der Waals surface area contributed by atoms with E-state index in [-0.39, 0.29) is 0 Å². The second-order valence-corrected chi connectivity index (χ2v) is 4.26. The molecule has 0 aliphatic heterocycles. The zero-order valence-corrected chi connectivity index (χ0v) is 12.2. The van der Waals surface area contributed by atoms with Crippen LogP contribution < -0.4 is 0 Å². The maximum Gasteiger partial charge on any atom is 0.510 e. The van der Waals surface area contributed by atoms with Gasteiger partial charge in [0.2, 0.25) is 6.29 Å². The quantitative estimate of drug-likeness (QED) is 0.550. The van der Waals surface area contributed by atoms with E-state index >= 15 is 0 Å². The van der Waals surface area contributed by atoms with Gasteiger partial charge in [0.25, 0.3) is 0 Å². The van der Waals surface area contributed by atoms with E-state index in [0.29, 0.717) is 18.9 Å². The molecule has 1 rings (SSSR count). The van der Waals surface area contributed by atoms with Gasteiger partial charge in [-0.2, -0.15) is 0 Å². The average Bonchev–Trinajstić information content (AvgIpc) is 2.46. The number of hydrogen-bond acceptors (Lipinski definition) is 4. The van der Waals surface area contributed by atoms with Crippen LogP contribution in [0.25, 0.3) is 0 Å². The molecule has 18 heavy (non-hydrogen) atoms. The predicted octanol–water partition coefficient (Wildman–Crippen LogP) is 4.13. The highest BCUT2D eigenvalue weighted by molar-refractivity contribution is 5.59. The Morgan fingerprint density at radius 1 is 1.22 bits per heavy atom. The molecule has 0 N–H and O–H groups in total. The maximum absolute atomic E-state index is 11.3. The topological polar surface area (TPSA) is 44.8 Å². The minimum Gasteiger partial charge on any atom is -0.434 e. The number of carbonyl (C=O) groups is 1. The largest absolute Gasteiger partial charge is 0.510 e. The Bertz CT molecular complexity index is 196. The minimum atomic E-state index is -0.612. The van der Waals surface area contributed by atoms with Crippen molar-refractivity contribution in [2.45, 2.75) is 65.6 Å². The van der Waals surface area contributed by atoms with Crippen molar-refractivity contribution in [1.82, 2.24) is 0 Å². The van der Waals surface area contributed by atoms with Crippen LogP contribution in [0.3, 0.4) is 0 Å². The highest BCUT2D eigenvalue weighted by Crippen LogP contribution is 2.23. The molecule has 1 unspecified atom stereocenters. The molecule has 0 aromatic heterocycles. The number of carbonyl (C=O) groups excluding carboxylic acids is 1. The van der Waals surface area contributed by atoms with E-state index in [4.69, 9.17) is 14.2 Å². The Balaban J connectivity index is 0.00000137. The lowest BCUT2D eigenvalue weighted by Gasteiger charge is -2.21. The van der Waals surface area contributed by atoms with Gasteiger partial charge in [-0.05, 0) is 18.8 Å². The monoisotopic (exact) mass is 260 g/mol. The van der Waals surface area contributed by atoms with E-state index in [1.54, 1.807) is 0 Å². The summed E-state index contributed by atoms with van der Waals surface area (Å²) in [6.45, 7) is 6.38. The average molecular weight is 260 g/mol. The van der Waals surface area contributed by atoms with Gasteiger partial charge in [0.15, 0.2) is 0 Å². The lowest BCUT2D eigenvalue weighted by molar-refractivity contribution is -0.106. The minimum absolute atomic E-state index is 0.485. The SMILES string of the molecule is CC.CCC(OC)OC(=O)OCC1CCCCC1. The van der Waals surface area contributed by atoms with Crippen molar-refractivity contribution >= 4 is 6.16 Å². The molecule has 1 saturated carbocycles. The number of methoxy groups -OCH3 is 1. The Kier molecular flexibility index (Phi) is 10.8. The molecule has 4 heteroatoms. The molecule has 0 heterocycles. The summed E-state index contributed by atoms with van der Waals surface area (Å²) in [5.41, 5.74) is 0. The second kappa shape index (κ2) is 11.3. The first kappa shape index (κ1) is 17.2. The van der Waals surface area contributed by atoms with Crippen molar-refractivity contribution in [2.24, 2.45) is 5.92 Å². The van der Waals surface area contributed by atoms with Crippen molar-refractivity contribution in [3.05, 3.63) is 0 Å². The van der Waals surface area contributed by atoms with Crippen molar-refractivity contribution in [3.63, 3.8) is 0 Å². The van der Waals surface area contributed by atoms with E-state index in [0.717, 1.165) is 12.8 Å². The van der Waals surface area contributed by atoms with Gasteiger partial charge in [-0.1, -0.05) is 40.0 Å². The molecule has 0 radical (unpaired) electrons. The number of rotatable bonds is 5. The van der Waals surface area contributed by atoms with Gasteiger partial charge in [0.1, 0.15) is 0 Å². The van der Waals surface area contributed by atoms with E-state index in [9.17, 15) is 4.79 Å². The van der Waals surface area contributed by atoms with E-state index < -0.39 is 12.4 Å². The van der Waals surface area contributed by atoms with Crippen LogP contribution in [0.1, 0.15) is 59.3 Å². The summed E-state index contributed by atoms with van der Waals surface area (Å²) in [4.78, 5) is 11.3. The Morgan fingerprint density at radius 2 is 1.83 bits per heavy atom. The summed E-state index contributed by atoms with van der Waals surface area (Å²) in [6, 6.07) is 0. The fraction of sp³-hybridized carbons (Fsp3) is 0.929. The van der Waals surface area contributed by atoms with Crippen molar-refractivity contribution in [1.29, 1.82) is 0 Å². The molecule has 0 aromatic carbocycles. The summed E-state index contributed by atoms with van der Waals surface area (Å²) in [5.74, 6) is 0.518. The first-order valence-electron chi connectivity index (χ1n) is 7.12. The third-order valence-corrected chi connectivity index (χ3v) is 2.99. The van der Waals surface area contributed by atoms with Gasteiger partial charge in [0.05, 0.1) is 6.61 Å². The number of hydrogen-bond donors (Lipinski definition) is 0. The molecule has 1 aliphatic carbocycles. The molecule has 0 amide bonds. The van der Waals surface area contributed by atoms with Crippen LogP contribution in [-0.4, -0.2) is 26.2 Å². The van der Waals surface area contributed by atoms with Gasteiger partial charge < -0.3 is 14.2 Å². The summed E-state index contributed by atoms with van der Waals surface area (Å²) in [5, 5.41) is 0. The molecule has 4 nitrogen and oxygen atoms in total. The zero-order chi connectivity index (χ0) is 13.8. The van der Waals surface area contributed by atoms with Gasteiger partial charge in [-0.3, -0.25) is 0 Å². The van der Waals surface area contributed by atoms with Crippen LogP contribution in [0.2, 0.25) is 0 Å². The van der Waals surface area contributed by atoms with Crippen LogP contribution in [0.4, 0.5) is 4.79 Å². The van der Waals surface area contributed by atoms with Crippen LogP contribution >= 0.6 is 0 Å². The predicted molar refractivity (Wildman–Crippen MR) is 71.4 cm³/mol. The molecule has 0 bridgehead atoms. The summed E-state index contributed by atoms with van der Waals surface area (Å²) >= 11 is 0. The van der Waals surface area contributed by atoms with Crippen LogP contribution in [0.15, 0.2) is 0 Å². The molecule has 1 aliphatic rings. The summed E-state index contributed by atoms with van der Waals surface area (Å²) < 4.78 is 15.0. The fourth-order valence-electron chi connectivity index (χ4n) is 1.98. The lowest BCUT2D eigenvalue weighted by Crippen LogP contribution is -2.22. The normalized spacial score (nSPS) is 17.3. The van der Waals surface area contributed by atoms with Gasteiger partial charge >= 0.3 is 6.16 Å². The van der Waals surface area contributed by atoms with Crippen LogP contribution in [-0.2, 0) is 14.2 Å². The molecular weight excluding hydrogens is 232 g/mol. The van der Waals surface area contributed by atoms with Crippen LogP contribution in [0.5, 0.6) is 0 Å². The maximum atomic E-state index is 11.3. The zero-order valence-electron chi connectivity index (χ0n) is 12.2. The number of ether oxygens (including phenoxy) is 3. The smallest absolute Gasteiger partial charge is 0.434 e. The first-order chi connectivity index (χ1) is 8.76. The lowest BCUT2D eigenvalue weighted by atomic mass is 9.90. The van der Waals surface area contributed by atoms with Gasteiger partial charge in [-0.25, -0.2) is 4.79 Å². The second-order valence-electron chi connectivity index (χ2n) is 4.26. The standard InChI is InChI=1S/C12H22O4.C2H6/c1-3-11(14-2)16-12(13)15-9-10-7-5-4-6-8-10;1-2/h10-11H,3-9H2,1-2H3;1-2H3. The Hall–Kier alpha value is -0.770. The highest BCUT2D eigenvalue weighted by atomic mass is 16.8. The fourth-order valence-corrected chi connectivity index (χ4v) is 1.98. The molecule has 1 fully saturated rings. The summed E-state index contributed by atoms with van der Waals surface area (Å²) in [6.07, 6.45) is 5.66. The van der Waals surface area contributed by atoms with E-state index in [2.05, 4.69) is 0 Å². The van der Waals surface area contributed by atoms with Gasteiger partial charge in [0, 0.05) is 13.5 Å². The Morgan fingerprint density at radius 3 is 2.33 bits per heavy atom. The molecule has 0 spiro atoms. The van der Waals surface area contributed by atoms with Crippen LogP contribution in [0, 0.1) is 5.92 Å². The van der Waals surface area contributed by atoms with E-state index in [1.165, 1.54) is 26.4 Å². The molecule has 108 valence electrons. The van der Waals surface area contributed by atoms with E-state index in [1.807, 2.05) is 20.8 Å². The molecule has 0 aromatic rings. The highest BCUT2D eigenvalue weighted by Gasteiger charge is 2.17. The van der Waals surface area contributed by atoms with Gasteiger partial charge in [-0.15, -0.1) is 0 Å². The first-order valence-corrected chi connectivity index (χ1v) is 7.12. The molecule has 1 atom stereocenters. The van der Waals surface area contributed by atoms with Crippen molar-refractivity contribution < 1.29 is 19.0 Å². The molecule has 0 saturated heterocycles. The summed E-state index contributed by atoms with van der Waals surface area (Å²) in [7, 11) is 1.52. The third-order valence-electron chi connectivity index (χ3n) is 2.99.